The smallest absolute Gasteiger partial charge is 0.235 e. The number of halogens is 2. The van der Waals surface area contributed by atoms with Gasteiger partial charge in [0.15, 0.2) is 0 Å². The van der Waals surface area contributed by atoms with Crippen LogP contribution in [0.1, 0.15) is 11.1 Å². The fraction of sp³-hybridized carbons (Fsp3) is 0. The van der Waals surface area contributed by atoms with Crippen molar-refractivity contribution in [1.82, 2.24) is 0 Å². The number of hydrogen-bond acceptors (Lipinski definition) is 2. The lowest BCUT2D eigenvalue weighted by Gasteiger charge is -1.99. The molecule has 0 aliphatic carbocycles. The lowest BCUT2D eigenvalue weighted by Crippen LogP contribution is -1.92. The highest BCUT2D eigenvalue weighted by Gasteiger charge is 2.10. The average Bonchev–Trinajstić information content (AvgIpc) is 2.09. The Bertz CT molecular complexity index is 334. The lowest BCUT2D eigenvalue weighted by molar-refractivity contribution is 0.558. The van der Waals surface area contributed by atoms with Crippen LogP contribution in [0.3, 0.4) is 0 Å². The zero-order valence-corrected chi connectivity index (χ0v) is 7.24. The van der Waals surface area contributed by atoms with Crippen molar-refractivity contribution in [2.24, 2.45) is 0 Å². The summed E-state index contributed by atoms with van der Waals surface area (Å²) in [6, 6.07) is 2.78. The molecule has 0 atom stereocenters. The minimum absolute atomic E-state index is 0.0347. The summed E-state index contributed by atoms with van der Waals surface area (Å²) in [6.45, 7) is 0. The van der Waals surface area contributed by atoms with Crippen LogP contribution >= 0.6 is 23.2 Å². The first kappa shape index (κ1) is 9.23. The van der Waals surface area contributed by atoms with Gasteiger partial charge in [0, 0.05) is 5.56 Å². The molecule has 0 heterocycles. The summed E-state index contributed by atoms with van der Waals surface area (Å²) in [5, 5.41) is 0.251. The van der Waals surface area contributed by atoms with Crippen LogP contribution in [0.5, 0.6) is 0 Å². The number of rotatable bonds is 2. The molecule has 4 heteroatoms. The molecule has 1 aromatic rings. The first-order valence-electron chi connectivity index (χ1n) is 2.95. The lowest BCUT2D eigenvalue weighted by atomic mass is 10.1. The first-order valence-corrected chi connectivity index (χ1v) is 3.70. The second-order valence-corrected chi connectivity index (χ2v) is 2.77. The Balaban J connectivity index is 3.45. The van der Waals surface area contributed by atoms with Crippen LogP contribution in [0.4, 0.5) is 0 Å². The van der Waals surface area contributed by atoms with Gasteiger partial charge in [-0.25, -0.2) is 0 Å². The van der Waals surface area contributed by atoms with E-state index in [9.17, 15) is 9.59 Å². The standard InChI is InChI=1S/C8H2Cl2O2/c9-7-2-1-5(3-11)6(4-12)8(7)10/h1-2H. The molecule has 0 amide bonds. The van der Waals surface area contributed by atoms with Gasteiger partial charge in [0.25, 0.3) is 0 Å². The van der Waals surface area contributed by atoms with Gasteiger partial charge < -0.3 is 0 Å². The third-order valence-electron chi connectivity index (χ3n) is 1.31. The normalized spacial score (nSPS) is 9.50. The van der Waals surface area contributed by atoms with E-state index in [1.807, 2.05) is 0 Å². The molecule has 2 nitrogen and oxygen atoms in total. The van der Waals surface area contributed by atoms with Gasteiger partial charge in [0.2, 0.25) is 12.6 Å². The van der Waals surface area contributed by atoms with Crippen molar-refractivity contribution in [3.63, 3.8) is 0 Å². The van der Waals surface area contributed by atoms with E-state index in [4.69, 9.17) is 23.2 Å². The van der Waals surface area contributed by atoms with Crippen molar-refractivity contribution in [3.8, 4) is 0 Å². The van der Waals surface area contributed by atoms with Crippen LogP contribution in [0.15, 0.2) is 12.1 Å². The minimum atomic E-state index is -0.0424. The van der Waals surface area contributed by atoms with E-state index in [0.717, 1.165) is 0 Å². The molecule has 0 aliphatic heterocycles. The Kier molecular flexibility index (Phi) is 2.84. The van der Waals surface area contributed by atoms with Gasteiger partial charge in [-0.15, -0.1) is 0 Å². The van der Waals surface area contributed by atoms with E-state index >= 15 is 0 Å². The molecular weight excluding hydrogens is 199 g/mol. The Morgan fingerprint density at radius 3 is 2.25 bits per heavy atom. The van der Waals surface area contributed by atoms with Gasteiger partial charge in [0.05, 0.1) is 15.6 Å². The molecule has 0 aromatic heterocycles. The van der Waals surface area contributed by atoms with E-state index in [1.165, 1.54) is 18.4 Å². The molecule has 60 valence electrons. The monoisotopic (exact) mass is 200 g/mol. The van der Waals surface area contributed by atoms with Crippen molar-refractivity contribution < 1.29 is 9.59 Å². The summed E-state index contributed by atoms with van der Waals surface area (Å²) < 4.78 is 0. The molecule has 0 aliphatic rings. The Morgan fingerprint density at radius 1 is 1.08 bits per heavy atom. The quantitative estimate of drug-likeness (QED) is 0.732. The number of carbonyl (C=O) groups excluding carboxylic acids is 2. The van der Waals surface area contributed by atoms with Crippen molar-refractivity contribution in [1.29, 1.82) is 0 Å². The van der Waals surface area contributed by atoms with Gasteiger partial charge in [-0.3, -0.25) is 9.59 Å². The maximum absolute atomic E-state index is 10.3. The van der Waals surface area contributed by atoms with E-state index in [-0.39, 0.29) is 21.2 Å². The van der Waals surface area contributed by atoms with Crippen LogP contribution in [0.2, 0.25) is 10.0 Å². The predicted octanol–water partition coefficient (Wildman–Crippen LogP) is 1.91. The Morgan fingerprint density at radius 2 is 1.75 bits per heavy atom. The van der Waals surface area contributed by atoms with Crippen molar-refractivity contribution in [2.45, 2.75) is 0 Å². The minimum Gasteiger partial charge on any atom is -0.285 e. The fourth-order valence-corrected chi connectivity index (χ4v) is 1.10. The highest BCUT2D eigenvalue weighted by molar-refractivity contribution is 6.43. The molecule has 0 spiro atoms. The maximum atomic E-state index is 10.3. The summed E-state index contributed by atoms with van der Waals surface area (Å²) in [7, 11) is 0. The molecule has 1 aromatic carbocycles. The summed E-state index contributed by atoms with van der Waals surface area (Å²) in [5.41, 5.74) is 0.0265. The molecular formula is C8H2Cl2O2. The highest BCUT2D eigenvalue weighted by Crippen LogP contribution is 2.26. The van der Waals surface area contributed by atoms with Crippen molar-refractivity contribution in [2.75, 3.05) is 0 Å². The van der Waals surface area contributed by atoms with Gasteiger partial charge in [-0.2, -0.15) is 0 Å². The molecule has 0 unspecified atom stereocenters. The van der Waals surface area contributed by atoms with Crippen LogP contribution < -0.4 is 0 Å². The third-order valence-corrected chi connectivity index (χ3v) is 2.11. The van der Waals surface area contributed by atoms with Crippen LogP contribution in [0, 0.1) is 0 Å². The summed E-state index contributed by atoms with van der Waals surface area (Å²) in [4.78, 5) is 20.6. The van der Waals surface area contributed by atoms with E-state index in [0.29, 0.717) is 0 Å². The predicted molar refractivity (Wildman–Crippen MR) is 46.1 cm³/mol. The highest BCUT2D eigenvalue weighted by atomic mass is 35.5. The van der Waals surface area contributed by atoms with Gasteiger partial charge >= 0.3 is 0 Å². The van der Waals surface area contributed by atoms with E-state index < -0.39 is 0 Å². The average molecular weight is 201 g/mol. The topological polar surface area (TPSA) is 34.1 Å². The van der Waals surface area contributed by atoms with Gasteiger partial charge in [-0.1, -0.05) is 23.2 Å². The Hall–Kier alpha value is -0.860. The van der Waals surface area contributed by atoms with Crippen molar-refractivity contribution in [3.05, 3.63) is 33.3 Å². The first-order chi connectivity index (χ1) is 5.70. The van der Waals surface area contributed by atoms with E-state index in [2.05, 4.69) is 0 Å². The zero-order chi connectivity index (χ0) is 9.14. The molecule has 2 radical (unpaired) electrons. The van der Waals surface area contributed by atoms with Crippen LogP contribution in [-0.2, 0) is 9.59 Å². The van der Waals surface area contributed by atoms with E-state index in [1.54, 1.807) is 6.29 Å². The summed E-state index contributed by atoms with van der Waals surface area (Å²) in [5.74, 6) is 0. The molecule has 0 fully saturated rings. The summed E-state index contributed by atoms with van der Waals surface area (Å²) >= 11 is 11.2. The van der Waals surface area contributed by atoms with Crippen LogP contribution in [-0.4, -0.2) is 12.6 Å². The maximum Gasteiger partial charge on any atom is 0.235 e. The van der Waals surface area contributed by atoms with Gasteiger partial charge in [0.1, 0.15) is 0 Å². The largest absolute Gasteiger partial charge is 0.285 e. The Labute approximate surface area is 79.1 Å². The zero-order valence-electron chi connectivity index (χ0n) is 5.73. The van der Waals surface area contributed by atoms with Crippen molar-refractivity contribution >= 4 is 35.8 Å². The second kappa shape index (κ2) is 3.70. The molecule has 0 bridgehead atoms. The molecule has 1 rings (SSSR count). The number of hydrogen-bond donors (Lipinski definition) is 0. The van der Waals surface area contributed by atoms with Gasteiger partial charge in [-0.05, 0) is 12.1 Å². The molecule has 0 saturated heterocycles. The molecule has 0 saturated carbocycles. The fourth-order valence-electron chi connectivity index (χ4n) is 0.735. The number of benzene rings is 1. The second-order valence-electron chi connectivity index (χ2n) is 1.99. The van der Waals surface area contributed by atoms with Crippen LogP contribution in [0.25, 0.3) is 0 Å². The third kappa shape index (κ3) is 1.49. The molecule has 12 heavy (non-hydrogen) atoms. The SMILES string of the molecule is O=[C]c1ccc(Cl)c(Cl)c1[C]=O. The molecule has 0 N–H and O–H groups in total. The summed E-state index contributed by atoms with van der Waals surface area (Å²) in [6.07, 6.45) is 3.09.